The summed E-state index contributed by atoms with van der Waals surface area (Å²) >= 11 is 0. The number of ether oxygens (including phenoxy) is 1. The molecule has 0 heterocycles. The zero-order valence-corrected chi connectivity index (χ0v) is 13.6. The second kappa shape index (κ2) is 5.42. The van der Waals surface area contributed by atoms with Gasteiger partial charge in [-0.2, -0.15) is 0 Å². The number of rotatable bonds is 4. The van der Waals surface area contributed by atoms with Crippen molar-refractivity contribution in [3.05, 3.63) is 29.3 Å². The first-order chi connectivity index (χ1) is 9.64. The first-order valence-electron chi connectivity index (χ1n) is 6.90. The van der Waals surface area contributed by atoms with E-state index in [0.717, 1.165) is 18.4 Å². The Morgan fingerprint density at radius 1 is 1.29 bits per heavy atom. The minimum Gasteiger partial charge on any atom is -0.465 e. The Labute approximate surface area is 125 Å². The third-order valence-electron chi connectivity index (χ3n) is 3.19. The quantitative estimate of drug-likeness (QED) is 0.867. The molecule has 1 fully saturated rings. The van der Waals surface area contributed by atoms with Gasteiger partial charge in [-0.1, -0.05) is 6.07 Å². The molecule has 1 saturated carbocycles. The van der Waals surface area contributed by atoms with Gasteiger partial charge in [0.1, 0.15) is 0 Å². The molecule has 0 unspecified atom stereocenters. The molecule has 0 saturated heterocycles. The standard InChI is InChI=1S/C15H21NO4S/c1-15(2,3)16-21(18,19)13-9-11(10-5-6-10)7-8-12(13)14(17)20-4/h7-10,16H,5-6H2,1-4H3. The highest BCUT2D eigenvalue weighted by Crippen LogP contribution is 2.41. The monoisotopic (exact) mass is 311 g/mol. The van der Waals surface area contributed by atoms with E-state index < -0.39 is 21.5 Å². The summed E-state index contributed by atoms with van der Waals surface area (Å²) in [5, 5.41) is 0. The molecule has 0 aliphatic heterocycles. The maximum absolute atomic E-state index is 12.6. The predicted molar refractivity (Wildman–Crippen MR) is 79.8 cm³/mol. The predicted octanol–water partition coefficient (Wildman–Crippen LogP) is 2.43. The Balaban J connectivity index is 2.52. The molecule has 1 N–H and O–H groups in total. The summed E-state index contributed by atoms with van der Waals surface area (Å²) in [6.07, 6.45) is 2.12. The van der Waals surface area contributed by atoms with Crippen LogP contribution in [0.15, 0.2) is 23.1 Å². The zero-order chi connectivity index (χ0) is 15.8. The van der Waals surface area contributed by atoms with Crippen LogP contribution in [0.4, 0.5) is 0 Å². The van der Waals surface area contributed by atoms with Gasteiger partial charge in [0.2, 0.25) is 10.0 Å². The second-order valence-electron chi connectivity index (χ2n) is 6.38. The molecule has 0 atom stereocenters. The van der Waals surface area contributed by atoms with E-state index in [4.69, 9.17) is 0 Å². The van der Waals surface area contributed by atoms with Gasteiger partial charge in [0.05, 0.1) is 17.6 Å². The van der Waals surface area contributed by atoms with Crippen LogP contribution in [0, 0.1) is 0 Å². The highest BCUT2D eigenvalue weighted by atomic mass is 32.2. The van der Waals surface area contributed by atoms with Crippen molar-refractivity contribution in [2.24, 2.45) is 0 Å². The molecule has 0 spiro atoms. The van der Waals surface area contributed by atoms with E-state index in [0.29, 0.717) is 5.92 Å². The number of sulfonamides is 1. The van der Waals surface area contributed by atoms with Gasteiger partial charge in [-0.25, -0.2) is 17.9 Å². The van der Waals surface area contributed by atoms with Gasteiger partial charge in [0, 0.05) is 5.54 Å². The van der Waals surface area contributed by atoms with E-state index in [9.17, 15) is 13.2 Å². The highest BCUT2D eigenvalue weighted by molar-refractivity contribution is 7.89. The van der Waals surface area contributed by atoms with Crippen molar-refractivity contribution < 1.29 is 17.9 Å². The third kappa shape index (κ3) is 3.83. The number of hydrogen-bond acceptors (Lipinski definition) is 4. The fourth-order valence-corrected chi connectivity index (χ4v) is 3.82. The summed E-state index contributed by atoms with van der Waals surface area (Å²) in [5.74, 6) is -0.244. The Kier molecular flexibility index (Phi) is 4.13. The minimum atomic E-state index is -3.78. The number of esters is 1. The smallest absolute Gasteiger partial charge is 0.339 e. The van der Waals surface area contributed by atoms with Gasteiger partial charge in [-0.05, 0) is 57.2 Å². The van der Waals surface area contributed by atoms with Gasteiger partial charge >= 0.3 is 5.97 Å². The van der Waals surface area contributed by atoms with Crippen LogP contribution in [0.3, 0.4) is 0 Å². The van der Waals surface area contributed by atoms with Gasteiger partial charge in [-0.3, -0.25) is 0 Å². The normalized spacial score (nSPS) is 15.8. The van der Waals surface area contributed by atoms with Crippen molar-refractivity contribution in [2.75, 3.05) is 7.11 Å². The summed E-state index contributed by atoms with van der Waals surface area (Å²) in [5.41, 5.74) is 0.400. The van der Waals surface area contributed by atoms with Crippen LogP contribution in [-0.4, -0.2) is 27.0 Å². The first-order valence-corrected chi connectivity index (χ1v) is 8.38. The SMILES string of the molecule is COC(=O)c1ccc(C2CC2)cc1S(=O)(=O)NC(C)(C)C. The lowest BCUT2D eigenvalue weighted by atomic mass is 10.1. The lowest BCUT2D eigenvalue weighted by molar-refractivity contribution is 0.0596. The van der Waals surface area contributed by atoms with Crippen LogP contribution >= 0.6 is 0 Å². The van der Waals surface area contributed by atoms with E-state index in [1.54, 1.807) is 32.9 Å². The van der Waals surface area contributed by atoms with Crippen molar-refractivity contribution >= 4 is 16.0 Å². The maximum Gasteiger partial charge on any atom is 0.339 e. The van der Waals surface area contributed by atoms with E-state index in [1.807, 2.05) is 0 Å². The maximum atomic E-state index is 12.6. The second-order valence-corrected chi connectivity index (χ2v) is 8.03. The molecule has 0 aromatic heterocycles. The Hall–Kier alpha value is -1.40. The minimum absolute atomic E-state index is 0.00586. The number of benzene rings is 1. The highest BCUT2D eigenvalue weighted by Gasteiger charge is 2.30. The Morgan fingerprint density at radius 2 is 1.90 bits per heavy atom. The van der Waals surface area contributed by atoms with Crippen molar-refractivity contribution in [3.63, 3.8) is 0 Å². The van der Waals surface area contributed by atoms with Crippen LogP contribution in [0.1, 0.15) is 55.5 Å². The molecule has 1 aliphatic carbocycles. The lowest BCUT2D eigenvalue weighted by Crippen LogP contribution is -2.41. The fourth-order valence-electron chi connectivity index (χ4n) is 2.17. The van der Waals surface area contributed by atoms with Crippen LogP contribution in [-0.2, 0) is 14.8 Å². The average molecular weight is 311 g/mol. The van der Waals surface area contributed by atoms with Gasteiger partial charge in [0.25, 0.3) is 0 Å². The van der Waals surface area contributed by atoms with Crippen molar-refractivity contribution in [1.29, 1.82) is 0 Å². The first kappa shape index (κ1) is 16.0. The third-order valence-corrected chi connectivity index (χ3v) is 4.99. The van der Waals surface area contributed by atoms with E-state index in [-0.39, 0.29) is 10.5 Å². The molecule has 21 heavy (non-hydrogen) atoms. The molecular weight excluding hydrogens is 290 g/mol. The molecule has 0 bridgehead atoms. The number of carbonyl (C=O) groups is 1. The molecule has 2 rings (SSSR count). The van der Waals surface area contributed by atoms with Crippen LogP contribution in [0.2, 0.25) is 0 Å². The Morgan fingerprint density at radius 3 is 2.38 bits per heavy atom. The molecule has 0 radical (unpaired) electrons. The van der Waals surface area contributed by atoms with Gasteiger partial charge in [0.15, 0.2) is 0 Å². The average Bonchev–Trinajstić information content (AvgIpc) is 3.18. The molecule has 6 heteroatoms. The van der Waals surface area contributed by atoms with E-state index >= 15 is 0 Å². The number of nitrogens with one attached hydrogen (secondary N) is 1. The van der Waals surface area contributed by atoms with Crippen molar-refractivity contribution in [3.8, 4) is 0 Å². The van der Waals surface area contributed by atoms with Gasteiger partial charge < -0.3 is 4.74 Å². The summed E-state index contributed by atoms with van der Waals surface area (Å²) < 4.78 is 32.4. The summed E-state index contributed by atoms with van der Waals surface area (Å²) in [6.45, 7) is 5.27. The molecule has 116 valence electrons. The van der Waals surface area contributed by atoms with E-state index in [2.05, 4.69) is 9.46 Å². The zero-order valence-electron chi connectivity index (χ0n) is 12.8. The van der Waals surface area contributed by atoms with Crippen LogP contribution in [0.5, 0.6) is 0 Å². The lowest BCUT2D eigenvalue weighted by Gasteiger charge is -2.21. The van der Waals surface area contributed by atoms with Crippen LogP contribution in [0.25, 0.3) is 0 Å². The number of carbonyl (C=O) groups excluding carboxylic acids is 1. The molecule has 1 aliphatic rings. The van der Waals surface area contributed by atoms with Crippen molar-refractivity contribution in [1.82, 2.24) is 4.72 Å². The fraction of sp³-hybridized carbons (Fsp3) is 0.533. The number of methoxy groups -OCH3 is 1. The van der Waals surface area contributed by atoms with E-state index in [1.165, 1.54) is 13.2 Å². The Bertz CT molecular complexity index is 655. The molecule has 0 amide bonds. The summed E-state index contributed by atoms with van der Waals surface area (Å²) in [4.78, 5) is 11.8. The topological polar surface area (TPSA) is 72.5 Å². The largest absolute Gasteiger partial charge is 0.465 e. The number of hydrogen-bond donors (Lipinski definition) is 1. The molecule has 1 aromatic rings. The molecule has 5 nitrogen and oxygen atoms in total. The summed E-state index contributed by atoms with van der Waals surface area (Å²) in [7, 11) is -2.54. The summed E-state index contributed by atoms with van der Waals surface area (Å²) in [6, 6.07) is 4.94. The van der Waals surface area contributed by atoms with Crippen LogP contribution < -0.4 is 4.72 Å². The molecule has 1 aromatic carbocycles. The molecular formula is C15H21NO4S. The van der Waals surface area contributed by atoms with Gasteiger partial charge in [-0.15, -0.1) is 0 Å². The van der Waals surface area contributed by atoms with Crippen molar-refractivity contribution in [2.45, 2.75) is 50.0 Å².